The number of hydrogen-bond acceptors (Lipinski definition) is 4. The zero-order valence-electron chi connectivity index (χ0n) is 21.1. The van der Waals surface area contributed by atoms with Crippen molar-refractivity contribution in [3.63, 3.8) is 0 Å². The molecule has 1 aliphatic heterocycles. The minimum absolute atomic E-state index is 0. The third kappa shape index (κ3) is 7.91. The molecule has 198 valence electrons. The fraction of sp³-hybridized carbons (Fsp3) is 0.538. The van der Waals surface area contributed by atoms with Crippen molar-refractivity contribution in [2.75, 3.05) is 26.2 Å². The fourth-order valence-corrected chi connectivity index (χ4v) is 4.36. The van der Waals surface area contributed by atoms with Crippen molar-refractivity contribution >= 4 is 24.8 Å². The van der Waals surface area contributed by atoms with Gasteiger partial charge in [0, 0.05) is 26.2 Å². The van der Waals surface area contributed by atoms with Gasteiger partial charge in [0.25, 0.3) is 0 Å². The van der Waals surface area contributed by atoms with Crippen molar-refractivity contribution in [2.45, 2.75) is 64.8 Å². The molecule has 35 heavy (non-hydrogen) atoms. The Morgan fingerprint density at radius 2 is 1.29 bits per heavy atom. The van der Waals surface area contributed by atoms with Crippen LogP contribution in [0, 0.1) is 0 Å². The smallest absolute Gasteiger partial charge is 0.507 e. The summed E-state index contributed by atoms with van der Waals surface area (Å²) in [7, 11) is 0. The summed E-state index contributed by atoms with van der Waals surface area (Å²) in [4.78, 5) is 2.33. The third-order valence-electron chi connectivity index (χ3n) is 6.01. The van der Waals surface area contributed by atoms with Crippen LogP contribution < -0.4 is 10.1 Å². The van der Waals surface area contributed by atoms with Gasteiger partial charge < -0.3 is 15.2 Å². The second-order valence-corrected chi connectivity index (χ2v) is 10.8. The molecule has 0 amide bonds. The normalized spacial score (nSPS) is 16.1. The maximum Gasteiger partial charge on any atom is 0.573 e. The van der Waals surface area contributed by atoms with Gasteiger partial charge in [-0.25, -0.2) is 0 Å². The molecule has 1 atom stereocenters. The summed E-state index contributed by atoms with van der Waals surface area (Å²) >= 11 is 0. The monoisotopic (exact) mass is 536 g/mol. The molecule has 2 aromatic carbocycles. The highest BCUT2D eigenvalue weighted by atomic mass is 35.5. The van der Waals surface area contributed by atoms with Crippen LogP contribution in [0.3, 0.4) is 0 Å². The first-order chi connectivity index (χ1) is 15.2. The Morgan fingerprint density at radius 1 is 0.829 bits per heavy atom. The van der Waals surface area contributed by atoms with Gasteiger partial charge in [-0.3, -0.25) is 4.90 Å². The maximum absolute atomic E-state index is 12.6. The molecular weight excluding hydrogens is 500 g/mol. The van der Waals surface area contributed by atoms with E-state index < -0.39 is 6.36 Å². The molecule has 3 rings (SSSR count). The zero-order chi connectivity index (χ0) is 24.6. The largest absolute Gasteiger partial charge is 0.573 e. The van der Waals surface area contributed by atoms with Gasteiger partial charge in [-0.2, -0.15) is 0 Å². The second-order valence-electron chi connectivity index (χ2n) is 10.8. The number of aromatic hydroxyl groups is 1. The standard InChI is InChI=1S/C26H35F3N2O2.2ClH/c1-24(2,3)20-15-18(16-21(23(20)32)25(4,5)6)22(31-13-11-30-12-14-31)17-7-9-19(10-8-17)33-26(27,28)29;;/h7-10,15-16,22,30,32H,11-14H2,1-6H3;2*1H/t22-;;/m1../s1. The average Bonchev–Trinajstić information content (AvgIpc) is 2.68. The fourth-order valence-electron chi connectivity index (χ4n) is 4.36. The second kappa shape index (κ2) is 11.6. The van der Waals surface area contributed by atoms with E-state index in [1.807, 2.05) is 0 Å². The van der Waals surface area contributed by atoms with Crippen molar-refractivity contribution in [3.05, 3.63) is 58.7 Å². The lowest BCUT2D eigenvalue weighted by Crippen LogP contribution is -2.45. The summed E-state index contributed by atoms with van der Waals surface area (Å²) in [5.74, 6) is 0.0773. The number of phenolic OH excluding ortho intramolecular Hbond substituents is 1. The van der Waals surface area contributed by atoms with Gasteiger partial charge in [0.05, 0.1) is 6.04 Å². The lowest BCUT2D eigenvalue weighted by Gasteiger charge is -2.37. The summed E-state index contributed by atoms with van der Waals surface area (Å²) in [6.45, 7) is 15.7. The van der Waals surface area contributed by atoms with Gasteiger partial charge in [-0.1, -0.05) is 53.7 Å². The van der Waals surface area contributed by atoms with Crippen molar-refractivity contribution in [1.29, 1.82) is 0 Å². The van der Waals surface area contributed by atoms with Crippen LogP contribution >= 0.6 is 24.8 Å². The van der Waals surface area contributed by atoms with E-state index in [0.717, 1.165) is 48.4 Å². The molecule has 9 heteroatoms. The number of alkyl halides is 3. The van der Waals surface area contributed by atoms with Crippen molar-refractivity contribution in [1.82, 2.24) is 10.2 Å². The van der Waals surface area contributed by atoms with Crippen LogP contribution in [0.1, 0.15) is 69.8 Å². The van der Waals surface area contributed by atoms with Gasteiger partial charge in [0.1, 0.15) is 11.5 Å². The van der Waals surface area contributed by atoms with Crippen LogP contribution in [-0.4, -0.2) is 42.5 Å². The van der Waals surface area contributed by atoms with Gasteiger partial charge in [-0.15, -0.1) is 38.0 Å². The molecule has 1 aliphatic rings. The van der Waals surface area contributed by atoms with E-state index in [4.69, 9.17) is 0 Å². The third-order valence-corrected chi connectivity index (χ3v) is 6.01. The zero-order valence-corrected chi connectivity index (χ0v) is 22.8. The van der Waals surface area contributed by atoms with Crippen LogP contribution in [0.4, 0.5) is 13.2 Å². The molecule has 0 radical (unpaired) electrons. The molecule has 2 aromatic rings. The number of ether oxygens (including phenoxy) is 1. The molecule has 1 saturated heterocycles. The molecule has 1 fully saturated rings. The highest BCUT2D eigenvalue weighted by Gasteiger charge is 2.33. The van der Waals surface area contributed by atoms with Crippen LogP contribution in [-0.2, 0) is 10.8 Å². The highest BCUT2D eigenvalue weighted by Crippen LogP contribution is 2.43. The Balaban J connectivity index is 0.00000306. The molecule has 0 aliphatic carbocycles. The van der Waals surface area contributed by atoms with Gasteiger partial charge in [-0.05, 0) is 57.3 Å². The predicted octanol–water partition coefficient (Wildman–Crippen LogP) is 6.72. The van der Waals surface area contributed by atoms with E-state index >= 15 is 0 Å². The Labute approximate surface area is 219 Å². The lowest BCUT2D eigenvalue weighted by molar-refractivity contribution is -0.274. The van der Waals surface area contributed by atoms with Gasteiger partial charge in [0.2, 0.25) is 0 Å². The molecule has 0 bridgehead atoms. The molecular formula is C26H37Cl2F3N2O2. The topological polar surface area (TPSA) is 44.7 Å². The number of nitrogens with zero attached hydrogens (tertiary/aromatic N) is 1. The van der Waals surface area contributed by atoms with Crippen LogP contribution in [0.15, 0.2) is 36.4 Å². The van der Waals surface area contributed by atoms with E-state index in [1.54, 1.807) is 12.1 Å². The van der Waals surface area contributed by atoms with E-state index in [1.165, 1.54) is 12.1 Å². The Morgan fingerprint density at radius 3 is 1.69 bits per heavy atom. The summed E-state index contributed by atoms with van der Waals surface area (Å²) in [6.07, 6.45) is -4.72. The molecule has 0 aromatic heterocycles. The van der Waals surface area contributed by atoms with E-state index in [0.29, 0.717) is 5.75 Å². The Hall–Kier alpha value is -1.67. The van der Waals surface area contributed by atoms with Crippen LogP contribution in [0.5, 0.6) is 11.5 Å². The molecule has 4 nitrogen and oxygen atoms in total. The maximum atomic E-state index is 12.6. The molecule has 0 spiro atoms. The van der Waals surface area contributed by atoms with Crippen molar-refractivity contribution in [3.8, 4) is 11.5 Å². The first kappa shape index (κ1) is 31.4. The van der Waals surface area contributed by atoms with Crippen LogP contribution in [0.25, 0.3) is 0 Å². The predicted molar refractivity (Wildman–Crippen MR) is 139 cm³/mol. The average molecular weight is 537 g/mol. The number of phenols is 1. The van der Waals surface area contributed by atoms with E-state index in [2.05, 4.69) is 68.6 Å². The SMILES string of the molecule is CC(C)(C)c1cc([C@@H](c2ccc(OC(F)(F)F)cc2)N2CCNCC2)cc(C(C)(C)C)c1O.Cl.Cl. The Bertz CT molecular complexity index is 928. The van der Waals surface area contributed by atoms with Gasteiger partial charge >= 0.3 is 6.36 Å². The molecule has 1 heterocycles. The van der Waals surface area contributed by atoms with Gasteiger partial charge in [0.15, 0.2) is 0 Å². The van der Waals surface area contributed by atoms with Crippen molar-refractivity contribution < 1.29 is 23.0 Å². The number of nitrogens with one attached hydrogen (secondary N) is 1. The van der Waals surface area contributed by atoms with Crippen LogP contribution in [0.2, 0.25) is 0 Å². The first-order valence-electron chi connectivity index (χ1n) is 11.3. The summed E-state index contributed by atoms with van der Waals surface area (Å²) < 4.78 is 42.0. The van der Waals surface area contributed by atoms with E-state index in [9.17, 15) is 18.3 Å². The van der Waals surface area contributed by atoms with Crippen molar-refractivity contribution in [2.24, 2.45) is 0 Å². The molecule has 0 unspecified atom stereocenters. The van der Waals surface area contributed by atoms with E-state index in [-0.39, 0.29) is 47.4 Å². The minimum atomic E-state index is -4.72. The first-order valence-corrected chi connectivity index (χ1v) is 11.3. The molecule has 2 N–H and O–H groups in total. The quantitative estimate of drug-likeness (QED) is 0.455. The number of benzene rings is 2. The summed E-state index contributed by atoms with van der Waals surface area (Å²) in [6, 6.07) is 10.1. The minimum Gasteiger partial charge on any atom is -0.507 e. The molecule has 0 saturated carbocycles. The lowest BCUT2D eigenvalue weighted by atomic mass is 9.77. The number of halogens is 5. The number of hydrogen-bond donors (Lipinski definition) is 2. The summed E-state index contributed by atoms with van der Waals surface area (Å²) in [5, 5.41) is 14.5. The Kier molecular flexibility index (Phi) is 10.4. The number of rotatable bonds is 4. The highest BCUT2D eigenvalue weighted by molar-refractivity contribution is 5.85. The number of piperazine rings is 1. The summed E-state index contributed by atoms with van der Waals surface area (Å²) in [5.41, 5.74) is 3.08.